The smallest absolute Gasteiger partial charge is 0.372 e. The normalized spacial score (nSPS) is 12.7. The van der Waals surface area contributed by atoms with E-state index < -0.39 is 17.8 Å². The summed E-state index contributed by atoms with van der Waals surface area (Å²) < 4.78 is 38.8. The van der Waals surface area contributed by atoms with Crippen LogP contribution in [0.15, 0.2) is 47.3 Å². The Morgan fingerprint density at radius 3 is 2.52 bits per heavy atom. The van der Waals surface area contributed by atoms with Gasteiger partial charge in [0.1, 0.15) is 11.9 Å². The van der Waals surface area contributed by atoms with Gasteiger partial charge in [0.15, 0.2) is 0 Å². The van der Waals surface area contributed by atoms with Crippen LogP contribution in [-0.2, 0) is 17.5 Å². The molecule has 6 nitrogen and oxygen atoms in total. The van der Waals surface area contributed by atoms with Crippen LogP contribution in [0, 0.1) is 5.92 Å². The predicted octanol–water partition coefficient (Wildman–Crippen LogP) is 5.08. The zero-order chi connectivity index (χ0) is 24.3. The summed E-state index contributed by atoms with van der Waals surface area (Å²) in [4.78, 5) is 34.4. The lowest BCUT2D eigenvalue weighted by Crippen LogP contribution is -2.45. The molecule has 0 spiro atoms. The number of H-pyrrole nitrogens is 1. The molecule has 0 aliphatic rings. The molecule has 1 heterocycles. The summed E-state index contributed by atoms with van der Waals surface area (Å²) >= 11 is 6.07. The van der Waals surface area contributed by atoms with Gasteiger partial charge in [-0.2, -0.15) is 13.2 Å². The van der Waals surface area contributed by atoms with Gasteiger partial charge in [-0.3, -0.25) is 9.59 Å². The van der Waals surface area contributed by atoms with E-state index in [0.717, 1.165) is 12.1 Å². The average molecular weight is 481 g/mol. The highest BCUT2D eigenvalue weighted by Gasteiger charge is 2.32. The summed E-state index contributed by atoms with van der Waals surface area (Å²) in [5.41, 5.74) is -0.416. The van der Waals surface area contributed by atoms with Crippen LogP contribution < -0.4 is 10.9 Å². The van der Waals surface area contributed by atoms with E-state index in [1.165, 1.54) is 11.0 Å². The fourth-order valence-electron chi connectivity index (χ4n) is 3.42. The largest absolute Gasteiger partial charge is 0.416 e. The number of nitrogens with zero attached hydrogens (tertiary/aromatic N) is 2. The van der Waals surface area contributed by atoms with Crippen LogP contribution in [-0.4, -0.2) is 33.4 Å². The van der Waals surface area contributed by atoms with Crippen LogP contribution in [0.2, 0.25) is 5.02 Å². The first-order valence-corrected chi connectivity index (χ1v) is 10.8. The molecule has 0 saturated heterocycles. The highest BCUT2D eigenvalue weighted by atomic mass is 35.5. The number of benzene rings is 2. The minimum Gasteiger partial charge on any atom is -0.372 e. The molecule has 2 N–H and O–H groups in total. The highest BCUT2D eigenvalue weighted by Crippen LogP contribution is 2.34. The second-order valence-corrected chi connectivity index (χ2v) is 8.35. The van der Waals surface area contributed by atoms with E-state index in [9.17, 15) is 22.8 Å². The van der Waals surface area contributed by atoms with E-state index in [2.05, 4.69) is 15.3 Å². The average Bonchev–Trinajstić information content (AvgIpc) is 2.75. The quantitative estimate of drug-likeness (QED) is 0.494. The standard InChI is InChI=1S/C23H24ClF3N4O2/c1-4-31(12-19-28-17-8-6-5-7-15(17)21(32)30-19)22(33)20(13(2)3)29-18-10-9-14(11-16(18)24)23(25,26)27/h5-11,13,20,29H,4,12H2,1-3H3,(H,28,30,32). The molecule has 0 saturated carbocycles. The van der Waals surface area contributed by atoms with Crippen LogP contribution in [0.4, 0.5) is 18.9 Å². The van der Waals surface area contributed by atoms with Gasteiger partial charge in [-0.1, -0.05) is 37.6 Å². The SMILES string of the molecule is CCN(Cc1nc2ccccc2c(=O)[nH]1)C(=O)C(Nc1ccc(C(F)(F)F)cc1Cl)C(C)C. The van der Waals surface area contributed by atoms with Crippen molar-refractivity contribution in [2.75, 3.05) is 11.9 Å². The van der Waals surface area contributed by atoms with Crippen molar-refractivity contribution in [2.45, 2.75) is 39.5 Å². The van der Waals surface area contributed by atoms with Gasteiger partial charge in [-0.05, 0) is 43.2 Å². The van der Waals surface area contributed by atoms with Gasteiger partial charge in [0.25, 0.3) is 5.56 Å². The van der Waals surface area contributed by atoms with Gasteiger partial charge >= 0.3 is 6.18 Å². The third kappa shape index (κ3) is 5.65. The summed E-state index contributed by atoms with van der Waals surface area (Å²) in [5.74, 6) is -0.156. The minimum absolute atomic E-state index is 0.0705. The van der Waals surface area contributed by atoms with E-state index in [1.807, 2.05) is 13.8 Å². The Balaban J connectivity index is 1.84. The lowest BCUT2D eigenvalue weighted by atomic mass is 10.0. The molecule has 3 rings (SSSR count). The topological polar surface area (TPSA) is 78.1 Å². The number of para-hydroxylation sites is 1. The van der Waals surface area contributed by atoms with Crippen molar-refractivity contribution in [2.24, 2.45) is 5.92 Å². The van der Waals surface area contributed by atoms with Crippen LogP contribution in [0.3, 0.4) is 0 Å². The minimum atomic E-state index is -4.52. The number of hydrogen-bond donors (Lipinski definition) is 2. The Bertz CT molecular complexity index is 1210. The summed E-state index contributed by atoms with van der Waals surface area (Å²) in [6.45, 7) is 5.83. The van der Waals surface area contributed by atoms with Crippen LogP contribution in [0.1, 0.15) is 32.2 Å². The molecular formula is C23H24ClF3N4O2. The number of fused-ring (bicyclic) bond motifs is 1. The number of carbonyl (C=O) groups excluding carboxylic acids is 1. The van der Waals surface area contributed by atoms with Gasteiger partial charge in [-0.15, -0.1) is 0 Å². The number of rotatable bonds is 7. The number of aromatic nitrogens is 2. The van der Waals surface area contributed by atoms with E-state index in [1.54, 1.807) is 31.2 Å². The molecule has 1 aromatic heterocycles. The maximum absolute atomic E-state index is 13.3. The van der Waals surface area contributed by atoms with Crippen molar-refractivity contribution in [3.63, 3.8) is 0 Å². The first-order valence-electron chi connectivity index (χ1n) is 10.4. The Morgan fingerprint density at radius 1 is 1.21 bits per heavy atom. The maximum Gasteiger partial charge on any atom is 0.416 e. The number of anilines is 1. The van der Waals surface area contributed by atoms with E-state index in [-0.39, 0.29) is 34.6 Å². The highest BCUT2D eigenvalue weighted by molar-refractivity contribution is 6.33. The Labute approximate surface area is 193 Å². The number of halogens is 4. The Kier molecular flexibility index (Phi) is 7.31. The lowest BCUT2D eigenvalue weighted by Gasteiger charge is -2.29. The van der Waals surface area contributed by atoms with Crippen LogP contribution in [0.25, 0.3) is 10.9 Å². The first-order chi connectivity index (χ1) is 15.5. The first kappa shape index (κ1) is 24.6. The number of carbonyl (C=O) groups is 1. The number of aromatic amines is 1. The zero-order valence-electron chi connectivity index (χ0n) is 18.3. The molecule has 2 aromatic carbocycles. The fraction of sp³-hybridized carbons (Fsp3) is 0.348. The van der Waals surface area contributed by atoms with Crippen molar-refractivity contribution in [1.82, 2.24) is 14.9 Å². The van der Waals surface area contributed by atoms with Crippen LogP contribution in [0.5, 0.6) is 0 Å². The van der Waals surface area contributed by atoms with Crippen molar-refractivity contribution in [1.29, 1.82) is 0 Å². The van der Waals surface area contributed by atoms with Crippen molar-refractivity contribution in [3.8, 4) is 0 Å². The summed E-state index contributed by atoms with van der Waals surface area (Å²) in [6.07, 6.45) is -4.52. The second kappa shape index (κ2) is 9.82. The number of nitrogens with one attached hydrogen (secondary N) is 2. The number of alkyl halides is 3. The monoisotopic (exact) mass is 480 g/mol. The molecule has 1 atom stereocenters. The van der Waals surface area contributed by atoms with E-state index >= 15 is 0 Å². The molecule has 176 valence electrons. The fourth-order valence-corrected chi connectivity index (χ4v) is 3.66. The second-order valence-electron chi connectivity index (χ2n) is 7.94. The van der Waals surface area contributed by atoms with E-state index in [0.29, 0.717) is 23.3 Å². The number of amides is 1. The summed E-state index contributed by atoms with van der Waals surface area (Å²) in [6, 6.07) is 9.10. The molecule has 0 aliphatic carbocycles. The number of likely N-dealkylation sites (N-methyl/N-ethyl adjacent to an activating group) is 1. The van der Waals surface area contributed by atoms with Crippen molar-refractivity contribution < 1.29 is 18.0 Å². The molecule has 10 heteroatoms. The molecule has 3 aromatic rings. The zero-order valence-corrected chi connectivity index (χ0v) is 19.1. The molecular weight excluding hydrogens is 457 g/mol. The molecule has 0 aliphatic heterocycles. The third-order valence-electron chi connectivity index (χ3n) is 5.24. The van der Waals surface area contributed by atoms with Gasteiger partial charge in [-0.25, -0.2) is 4.98 Å². The maximum atomic E-state index is 13.3. The summed E-state index contributed by atoms with van der Waals surface area (Å²) in [5, 5.41) is 3.30. The molecule has 0 bridgehead atoms. The van der Waals surface area contributed by atoms with Crippen LogP contribution >= 0.6 is 11.6 Å². The Morgan fingerprint density at radius 2 is 1.91 bits per heavy atom. The van der Waals surface area contributed by atoms with Gasteiger partial charge in [0.2, 0.25) is 5.91 Å². The molecule has 0 radical (unpaired) electrons. The van der Waals surface area contributed by atoms with Gasteiger partial charge in [0.05, 0.1) is 33.7 Å². The molecule has 0 fully saturated rings. The van der Waals surface area contributed by atoms with E-state index in [4.69, 9.17) is 11.6 Å². The molecule has 1 amide bonds. The Hall–Kier alpha value is -3.07. The third-order valence-corrected chi connectivity index (χ3v) is 5.55. The van der Waals surface area contributed by atoms with Gasteiger partial charge in [0, 0.05) is 6.54 Å². The molecule has 33 heavy (non-hydrogen) atoms. The van der Waals surface area contributed by atoms with Crippen molar-refractivity contribution >= 4 is 34.1 Å². The van der Waals surface area contributed by atoms with Crippen molar-refractivity contribution in [3.05, 3.63) is 69.2 Å². The lowest BCUT2D eigenvalue weighted by molar-refractivity contribution is -0.137. The predicted molar refractivity (Wildman–Crippen MR) is 122 cm³/mol. The molecule has 1 unspecified atom stereocenters. The summed E-state index contributed by atoms with van der Waals surface area (Å²) in [7, 11) is 0. The van der Waals surface area contributed by atoms with Gasteiger partial charge < -0.3 is 15.2 Å². The number of hydrogen-bond acceptors (Lipinski definition) is 4.